The number of aromatic nitrogens is 1. The molecule has 2 heterocycles. The Morgan fingerprint density at radius 2 is 2.29 bits per heavy atom. The van der Waals surface area contributed by atoms with Crippen LogP contribution >= 0.6 is 11.6 Å². The van der Waals surface area contributed by atoms with Crippen LogP contribution in [0, 0.1) is 0 Å². The summed E-state index contributed by atoms with van der Waals surface area (Å²) >= 11 is 5.83. The predicted molar refractivity (Wildman–Crippen MR) is 72.7 cm³/mol. The highest BCUT2D eigenvalue weighted by Gasteiger charge is 2.22. The summed E-state index contributed by atoms with van der Waals surface area (Å²) in [6.45, 7) is 5.55. The van der Waals surface area contributed by atoms with Crippen LogP contribution < -0.4 is 4.90 Å². The van der Waals surface area contributed by atoms with Gasteiger partial charge in [0.25, 0.3) is 0 Å². The smallest absolute Gasteiger partial charge is 0.0648 e. The molecule has 1 atom stereocenters. The molecule has 1 unspecified atom stereocenters. The molecule has 0 N–H and O–H groups in total. The first-order chi connectivity index (χ1) is 8.24. The number of nitrogens with zero attached hydrogens (tertiary/aromatic N) is 3. The molecule has 0 spiro atoms. The van der Waals surface area contributed by atoms with Gasteiger partial charge in [-0.1, -0.05) is 6.92 Å². The molecule has 1 aliphatic rings. The molecule has 0 amide bonds. The lowest BCUT2D eigenvalue weighted by atomic mass is 10.1. The number of rotatable bonds is 3. The van der Waals surface area contributed by atoms with Crippen LogP contribution in [0.15, 0.2) is 18.3 Å². The van der Waals surface area contributed by atoms with E-state index in [-0.39, 0.29) is 0 Å². The number of hydrogen-bond donors (Lipinski definition) is 0. The van der Waals surface area contributed by atoms with E-state index in [9.17, 15) is 0 Å². The van der Waals surface area contributed by atoms with Crippen molar-refractivity contribution in [2.45, 2.75) is 25.3 Å². The number of anilines is 1. The number of alkyl halides is 1. The van der Waals surface area contributed by atoms with Crippen LogP contribution in [-0.2, 0) is 5.88 Å². The Balaban J connectivity index is 2.11. The van der Waals surface area contributed by atoms with Gasteiger partial charge in [0, 0.05) is 37.6 Å². The summed E-state index contributed by atoms with van der Waals surface area (Å²) in [6.07, 6.45) is 3.05. The van der Waals surface area contributed by atoms with Crippen LogP contribution in [0.1, 0.15) is 19.0 Å². The fourth-order valence-electron chi connectivity index (χ4n) is 2.36. The summed E-state index contributed by atoms with van der Waals surface area (Å²) in [6, 6.07) is 4.83. The summed E-state index contributed by atoms with van der Waals surface area (Å²) in [5.74, 6) is 0.485. The van der Waals surface area contributed by atoms with Gasteiger partial charge >= 0.3 is 0 Å². The molecule has 0 radical (unpaired) electrons. The number of pyridine rings is 1. The highest BCUT2D eigenvalue weighted by atomic mass is 35.5. The van der Waals surface area contributed by atoms with E-state index in [0.717, 1.165) is 25.3 Å². The zero-order valence-electron chi connectivity index (χ0n) is 10.6. The van der Waals surface area contributed by atoms with Crippen molar-refractivity contribution in [3.8, 4) is 0 Å². The van der Waals surface area contributed by atoms with Crippen LogP contribution in [0.3, 0.4) is 0 Å². The molecular weight excluding hydrogens is 234 g/mol. The van der Waals surface area contributed by atoms with Crippen molar-refractivity contribution in [2.24, 2.45) is 0 Å². The van der Waals surface area contributed by atoms with Crippen molar-refractivity contribution in [1.29, 1.82) is 0 Å². The van der Waals surface area contributed by atoms with E-state index in [1.807, 2.05) is 6.20 Å². The first-order valence-corrected chi connectivity index (χ1v) is 6.74. The SMILES string of the molecule is CCC1CN(c2ccnc(CCl)c2)CCN1C. The molecule has 1 aromatic rings. The third kappa shape index (κ3) is 2.90. The maximum Gasteiger partial charge on any atom is 0.0648 e. The highest BCUT2D eigenvalue weighted by Crippen LogP contribution is 2.20. The van der Waals surface area contributed by atoms with Crippen molar-refractivity contribution in [3.05, 3.63) is 24.0 Å². The Morgan fingerprint density at radius 1 is 1.47 bits per heavy atom. The molecule has 1 saturated heterocycles. The van der Waals surface area contributed by atoms with E-state index in [1.54, 1.807) is 0 Å². The van der Waals surface area contributed by atoms with Gasteiger partial charge in [-0.2, -0.15) is 0 Å². The molecule has 17 heavy (non-hydrogen) atoms. The lowest BCUT2D eigenvalue weighted by Crippen LogP contribution is -2.51. The van der Waals surface area contributed by atoms with Gasteiger partial charge in [-0.15, -0.1) is 11.6 Å². The quantitative estimate of drug-likeness (QED) is 0.771. The normalized spacial score (nSPS) is 21.8. The molecule has 0 aliphatic carbocycles. The Kier molecular flexibility index (Phi) is 4.24. The standard InChI is InChI=1S/C13H20ClN3/c1-3-12-10-17(7-6-16(12)2)13-4-5-15-11(8-13)9-14/h4-5,8,12H,3,6-7,9-10H2,1-2H3. The van der Waals surface area contributed by atoms with E-state index in [2.05, 4.69) is 40.9 Å². The van der Waals surface area contributed by atoms with Gasteiger partial charge in [0.2, 0.25) is 0 Å². The monoisotopic (exact) mass is 253 g/mol. The van der Waals surface area contributed by atoms with Gasteiger partial charge < -0.3 is 4.90 Å². The van der Waals surface area contributed by atoms with Crippen molar-refractivity contribution >= 4 is 17.3 Å². The summed E-state index contributed by atoms with van der Waals surface area (Å²) in [5.41, 5.74) is 2.21. The van der Waals surface area contributed by atoms with Gasteiger partial charge in [0.05, 0.1) is 11.6 Å². The van der Waals surface area contributed by atoms with Gasteiger partial charge in [-0.05, 0) is 25.6 Å². The second kappa shape index (κ2) is 5.69. The average molecular weight is 254 g/mol. The molecular formula is C13H20ClN3. The molecule has 1 aromatic heterocycles. The maximum absolute atomic E-state index is 5.83. The van der Waals surface area contributed by atoms with E-state index >= 15 is 0 Å². The Morgan fingerprint density at radius 3 is 3.00 bits per heavy atom. The molecule has 0 aromatic carbocycles. The third-order valence-electron chi connectivity index (χ3n) is 3.55. The highest BCUT2D eigenvalue weighted by molar-refractivity contribution is 6.16. The van der Waals surface area contributed by atoms with Crippen molar-refractivity contribution in [2.75, 3.05) is 31.6 Å². The molecule has 1 fully saturated rings. The predicted octanol–water partition coefficient (Wildman–Crippen LogP) is 2.35. The fourth-order valence-corrected chi connectivity index (χ4v) is 2.50. The lowest BCUT2D eigenvalue weighted by Gasteiger charge is -2.40. The summed E-state index contributed by atoms with van der Waals surface area (Å²) in [4.78, 5) is 9.12. The van der Waals surface area contributed by atoms with Gasteiger partial charge in [-0.3, -0.25) is 9.88 Å². The molecule has 1 aliphatic heterocycles. The molecule has 0 saturated carbocycles. The minimum atomic E-state index is 0.485. The number of hydrogen-bond acceptors (Lipinski definition) is 3. The number of piperazine rings is 1. The maximum atomic E-state index is 5.83. The molecule has 0 bridgehead atoms. The zero-order chi connectivity index (χ0) is 12.3. The van der Waals surface area contributed by atoms with Gasteiger partial charge in [-0.25, -0.2) is 0 Å². The van der Waals surface area contributed by atoms with Crippen LogP contribution in [0.5, 0.6) is 0 Å². The van der Waals surface area contributed by atoms with Crippen molar-refractivity contribution in [1.82, 2.24) is 9.88 Å². The van der Waals surface area contributed by atoms with Crippen molar-refractivity contribution < 1.29 is 0 Å². The largest absolute Gasteiger partial charge is 0.369 e. The van der Waals surface area contributed by atoms with Crippen LogP contribution in [0.2, 0.25) is 0 Å². The summed E-state index contributed by atoms with van der Waals surface area (Å²) in [5, 5.41) is 0. The average Bonchev–Trinajstić information content (AvgIpc) is 2.39. The third-order valence-corrected chi connectivity index (χ3v) is 3.82. The van der Waals surface area contributed by atoms with E-state index < -0.39 is 0 Å². The number of halogens is 1. The first kappa shape index (κ1) is 12.7. The molecule has 3 nitrogen and oxygen atoms in total. The van der Waals surface area contributed by atoms with Gasteiger partial charge in [0.15, 0.2) is 0 Å². The topological polar surface area (TPSA) is 19.4 Å². The second-order valence-corrected chi connectivity index (χ2v) is 4.89. The number of likely N-dealkylation sites (N-methyl/N-ethyl adjacent to an activating group) is 1. The Bertz CT molecular complexity index is 369. The van der Waals surface area contributed by atoms with Crippen LogP contribution in [0.4, 0.5) is 5.69 Å². The summed E-state index contributed by atoms with van der Waals surface area (Å²) in [7, 11) is 2.21. The minimum Gasteiger partial charge on any atom is -0.369 e. The minimum absolute atomic E-state index is 0.485. The lowest BCUT2D eigenvalue weighted by molar-refractivity contribution is 0.213. The van der Waals surface area contributed by atoms with Crippen LogP contribution in [0.25, 0.3) is 0 Å². The fraction of sp³-hybridized carbons (Fsp3) is 0.615. The molecule has 4 heteroatoms. The van der Waals surface area contributed by atoms with E-state index in [1.165, 1.54) is 12.1 Å². The van der Waals surface area contributed by atoms with E-state index in [4.69, 9.17) is 11.6 Å². The summed E-state index contributed by atoms with van der Waals surface area (Å²) < 4.78 is 0. The molecule has 94 valence electrons. The zero-order valence-corrected chi connectivity index (χ0v) is 11.3. The second-order valence-electron chi connectivity index (χ2n) is 4.63. The Labute approximate surface area is 108 Å². The van der Waals surface area contributed by atoms with Crippen molar-refractivity contribution in [3.63, 3.8) is 0 Å². The first-order valence-electron chi connectivity index (χ1n) is 6.20. The van der Waals surface area contributed by atoms with Gasteiger partial charge in [0.1, 0.15) is 0 Å². The Hall–Kier alpha value is -0.800. The van der Waals surface area contributed by atoms with E-state index in [0.29, 0.717) is 11.9 Å². The van der Waals surface area contributed by atoms with Crippen LogP contribution in [-0.4, -0.2) is 42.6 Å². The molecule has 2 rings (SSSR count).